The van der Waals surface area contributed by atoms with Crippen LogP contribution in [-0.2, 0) is 25.5 Å². The van der Waals surface area contributed by atoms with Crippen molar-refractivity contribution < 1.29 is 32.2 Å². The Balaban J connectivity index is 1.74. The number of nitrogens with zero attached hydrogens (tertiary/aromatic N) is 1. The second kappa shape index (κ2) is 9.15. The molecule has 0 bridgehead atoms. The Bertz CT molecular complexity index is 1060. The van der Waals surface area contributed by atoms with Gasteiger partial charge in [0.05, 0.1) is 18.2 Å². The van der Waals surface area contributed by atoms with Crippen LogP contribution >= 0.6 is 0 Å². The van der Waals surface area contributed by atoms with E-state index in [-0.39, 0.29) is 60.8 Å². The smallest absolute Gasteiger partial charge is 0.249 e. The molecule has 33 heavy (non-hydrogen) atoms. The lowest BCUT2D eigenvalue weighted by molar-refractivity contribution is -0.142. The molecule has 3 unspecified atom stereocenters. The Morgan fingerprint density at radius 3 is 2.64 bits per heavy atom. The molecule has 2 saturated heterocycles. The van der Waals surface area contributed by atoms with Gasteiger partial charge in [0.25, 0.3) is 0 Å². The molecule has 0 aliphatic carbocycles. The lowest BCUT2D eigenvalue weighted by Crippen LogP contribution is -2.64. The first-order chi connectivity index (χ1) is 15.7. The van der Waals surface area contributed by atoms with E-state index in [1.54, 1.807) is 17.0 Å². The Kier molecular flexibility index (Phi) is 6.45. The molecule has 3 atom stereocenters. The Labute approximate surface area is 189 Å². The van der Waals surface area contributed by atoms with Crippen molar-refractivity contribution in [2.45, 2.75) is 37.4 Å². The lowest BCUT2D eigenvalue weighted by atomic mass is 9.84. The van der Waals surface area contributed by atoms with Gasteiger partial charge in [-0.05, 0) is 43.0 Å². The van der Waals surface area contributed by atoms with E-state index in [0.29, 0.717) is 6.42 Å². The van der Waals surface area contributed by atoms with Gasteiger partial charge >= 0.3 is 0 Å². The summed E-state index contributed by atoms with van der Waals surface area (Å²) < 4.78 is 53.6. The Morgan fingerprint density at radius 1 is 1.24 bits per heavy atom. The minimum atomic E-state index is -0.883. The molecule has 0 aromatic heterocycles. The van der Waals surface area contributed by atoms with Gasteiger partial charge in [-0.2, -0.15) is 0 Å². The molecular formula is C24H25F3N2O4. The summed E-state index contributed by atoms with van der Waals surface area (Å²) in [6, 6.07) is 6.60. The number of rotatable bonds is 5. The highest BCUT2D eigenvalue weighted by Gasteiger charge is 2.54. The molecule has 176 valence electrons. The quantitative estimate of drug-likeness (QED) is 0.742. The molecule has 1 N–H and O–H groups in total. The largest absolute Gasteiger partial charge is 0.375 e. The third-order valence-electron chi connectivity index (χ3n) is 6.31. The number of methoxy groups -OCH3 is 1. The van der Waals surface area contributed by atoms with E-state index in [0.717, 1.165) is 18.2 Å². The fraction of sp³-hybridized carbons (Fsp3) is 0.417. The number of likely N-dealkylation sites (tertiary alicyclic amines) is 1. The van der Waals surface area contributed by atoms with Crippen molar-refractivity contribution >= 4 is 11.8 Å². The molecule has 2 aromatic carbocycles. The fourth-order valence-electron chi connectivity index (χ4n) is 5.09. The number of ether oxygens (including phenoxy) is 2. The highest BCUT2D eigenvalue weighted by atomic mass is 19.1. The van der Waals surface area contributed by atoms with Crippen LogP contribution in [-0.4, -0.2) is 61.3 Å². The summed E-state index contributed by atoms with van der Waals surface area (Å²) in [6.07, 6.45) is 0.510. The number of halogens is 3. The molecule has 4 rings (SSSR count). The zero-order valence-corrected chi connectivity index (χ0v) is 18.4. The molecule has 9 heteroatoms. The fourth-order valence-corrected chi connectivity index (χ4v) is 5.09. The zero-order valence-electron chi connectivity index (χ0n) is 18.4. The van der Waals surface area contributed by atoms with Gasteiger partial charge in [-0.3, -0.25) is 9.59 Å². The van der Waals surface area contributed by atoms with E-state index < -0.39 is 29.0 Å². The van der Waals surface area contributed by atoms with E-state index in [4.69, 9.17) is 9.47 Å². The molecule has 1 spiro atoms. The van der Waals surface area contributed by atoms with Crippen LogP contribution in [0.15, 0.2) is 36.4 Å². The number of hydrogen-bond acceptors (Lipinski definition) is 4. The van der Waals surface area contributed by atoms with Crippen molar-refractivity contribution in [2.24, 2.45) is 0 Å². The van der Waals surface area contributed by atoms with Gasteiger partial charge < -0.3 is 19.7 Å². The maximum absolute atomic E-state index is 15.6. The predicted octanol–water partition coefficient (Wildman–Crippen LogP) is 2.83. The van der Waals surface area contributed by atoms with Crippen molar-refractivity contribution in [2.75, 3.05) is 26.9 Å². The van der Waals surface area contributed by atoms with Crippen LogP contribution in [0.4, 0.5) is 13.2 Å². The van der Waals surface area contributed by atoms with Crippen LogP contribution in [0.25, 0.3) is 11.1 Å². The molecule has 2 aliphatic rings. The Morgan fingerprint density at radius 2 is 1.97 bits per heavy atom. The molecule has 6 nitrogen and oxygen atoms in total. The average Bonchev–Trinajstić information content (AvgIpc) is 2.99. The first-order valence-electron chi connectivity index (χ1n) is 10.7. The summed E-state index contributed by atoms with van der Waals surface area (Å²) in [6.45, 7) is 1.81. The maximum atomic E-state index is 15.6. The highest BCUT2D eigenvalue weighted by Crippen LogP contribution is 2.38. The number of amides is 2. The van der Waals surface area contributed by atoms with E-state index >= 15 is 4.39 Å². The van der Waals surface area contributed by atoms with Gasteiger partial charge in [0, 0.05) is 24.8 Å². The first kappa shape index (κ1) is 23.3. The number of hydrogen-bond donors (Lipinski definition) is 1. The number of morpholine rings is 1. The SMILES string of the molecule is COCC(=O)N1C(C)CC2(COCC(=O)N2)C1Cc1cccc(-c2cc(F)cc(F)c2)c1F. The molecule has 0 saturated carbocycles. The minimum absolute atomic E-state index is 0.0460. The number of carbonyl (C=O) groups excluding carboxylic acids is 2. The molecule has 2 fully saturated rings. The number of nitrogens with one attached hydrogen (secondary N) is 1. The van der Waals surface area contributed by atoms with Crippen LogP contribution in [0.3, 0.4) is 0 Å². The van der Waals surface area contributed by atoms with Crippen LogP contribution in [0.5, 0.6) is 0 Å². The third kappa shape index (κ3) is 4.47. The highest BCUT2D eigenvalue weighted by molar-refractivity contribution is 5.81. The van der Waals surface area contributed by atoms with Crippen LogP contribution < -0.4 is 5.32 Å². The van der Waals surface area contributed by atoms with Gasteiger partial charge in [0.2, 0.25) is 11.8 Å². The van der Waals surface area contributed by atoms with Crippen molar-refractivity contribution in [3.05, 3.63) is 59.4 Å². The standard InChI is InChI=1S/C24H25F3N2O4/c1-14-10-24(13-33-11-21(30)28-24)20(29(14)22(31)12-32-2)8-15-4-3-5-19(23(15)27)16-6-17(25)9-18(26)7-16/h3-7,9,14,20H,8,10-13H2,1-2H3,(H,28,30). The second-order valence-electron chi connectivity index (χ2n) is 8.64. The van der Waals surface area contributed by atoms with Gasteiger partial charge in [-0.15, -0.1) is 0 Å². The van der Waals surface area contributed by atoms with E-state index in [1.807, 2.05) is 6.92 Å². The lowest BCUT2D eigenvalue weighted by Gasteiger charge is -2.41. The number of carbonyl (C=O) groups is 2. The van der Waals surface area contributed by atoms with Gasteiger partial charge in [-0.1, -0.05) is 18.2 Å². The van der Waals surface area contributed by atoms with Crippen molar-refractivity contribution in [3.8, 4) is 11.1 Å². The Hall–Kier alpha value is -2.91. The summed E-state index contributed by atoms with van der Waals surface area (Å²) >= 11 is 0. The van der Waals surface area contributed by atoms with E-state index in [9.17, 15) is 18.4 Å². The summed E-state index contributed by atoms with van der Waals surface area (Å²) in [5, 5.41) is 2.98. The maximum Gasteiger partial charge on any atom is 0.249 e. The minimum Gasteiger partial charge on any atom is -0.375 e. The first-order valence-corrected chi connectivity index (χ1v) is 10.7. The zero-order chi connectivity index (χ0) is 23.8. The molecule has 0 radical (unpaired) electrons. The van der Waals surface area contributed by atoms with Gasteiger partial charge in [0.15, 0.2) is 0 Å². The molecule has 2 aliphatic heterocycles. The summed E-state index contributed by atoms with van der Waals surface area (Å²) in [5.41, 5.74) is -0.510. The summed E-state index contributed by atoms with van der Waals surface area (Å²) in [7, 11) is 1.41. The second-order valence-corrected chi connectivity index (χ2v) is 8.64. The summed E-state index contributed by atoms with van der Waals surface area (Å²) in [5.74, 6) is -2.84. The molecule has 2 heterocycles. The average molecular weight is 462 g/mol. The van der Waals surface area contributed by atoms with E-state index in [2.05, 4.69) is 5.32 Å². The van der Waals surface area contributed by atoms with Gasteiger partial charge in [0.1, 0.15) is 30.7 Å². The van der Waals surface area contributed by atoms with Crippen molar-refractivity contribution in [1.29, 1.82) is 0 Å². The molecular weight excluding hydrogens is 437 g/mol. The summed E-state index contributed by atoms with van der Waals surface area (Å²) in [4.78, 5) is 26.7. The van der Waals surface area contributed by atoms with Gasteiger partial charge in [-0.25, -0.2) is 13.2 Å². The van der Waals surface area contributed by atoms with E-state index in [1.165, 1.54) is 13.2 Å². The van der Waals surface area contributed by atoms with Crippen LogP contribution in [0.2, 0.25) is 0 Å². The normalized spacial score (nSPS) is 24.9. The van der Waals surface area contributed by atoms with Crippen molar-refractivity contribution in [3.63, 3.8) is 0 Å². The number of benzene rings is 2. The van der Waals surface area contributed by atoms with Crippen molar-refractivity contribution in [1.82, 2.24) is 10.2 Å². The monoisotopic (exact) mass is 462 g/mol. The molecule has 2 aromatic rings. The third-order valence-corrected chi connectivity index (χ3v) is 6.31. The van der Waals surface area contributed by atoms with Crippen LogP contribution in [0, 0.1) is 17.5 Å². The van der Waals surface area contributed by atoms with Crippen LogP contribution in [0.1, 0.15) is 18.9 Å². The predicted molar refractivity (Wildman–Crippen MR) is 114 cm³/mol. The molecule has 2 amide bonds. The topological polar surface area (TPSA) is 67.9 Å².